The maximum atomic E-state index is 13.1. The highest BCUT2D eigenvalue weighted by Gasteiger charge is 2.30. The smallest absolute Gasteiger partial charge is 0.462 e. The summed E-state index contributed by atoms with van der Waals surface area (Å²) in [5.41, 5.74) is 0. The number of carbonyl (C=O) groups excluding carboxylic acids is 4. The molecule has 93 heavy (non-hydrogen) atoms. The predicted octanol–water partition coefficient (Wildman–Crippen LogP) is 21.3. The van der Waals surface area contributed by atoms with Crippen molar-refractivity contribution in [2.24, 2.45) is 23.7 Å². The Kier molecular flexibility index (Phi) is 62.2. The normalized spacial score (nSPS) is 14.2. The van der Waals surface area contributed by atoms with Crippen LogP contribution in [-0.2, 0) is 65.4 Å². The number of rotatable bonds is 71. The van der Waals surface area contributed by atoms with Gasteiger partial charge in [0.25, 0.3) is 0 Å². The summed E-state index contributed by atoms with van der Waals surface area (Å²) in [7, 11) is -9.91. The molecule has 3 unspecified atom stereocenters. The number of phosphoric ester groups is 2. The van der Waals surface area contributed by atoms with Crippen LogP contribution in [0.3, 0.4) is 0 Å². The largest absolute Gasteiger partial charge is 0.472 e. The van der Waals surface area contributed by atoms with Gasteiger partial charge < -0.3 is 33.8 Å². The molecule has 5 atom stereocenters. The minimum absolute atomic E-state index is 0.105. The van der Waals surface area contributed by atoms with Gasteiger partial charge in [0, 0.05) is 25.7 Å². The minimum atomic E-state index is -4.96. The molecule has 0 heterocycles. The first-order valence-corrected chi connectivity index (χ1v) is 41.2. The summed E-state index contributed by atoms with van der Waals surface area (Å²) >= 11 is 0. The molecule has 17 nitrogen and oxygen atoms in total. The van der Waals surface area contributed by atoms with Crippen LogP contribution in [0, 0.1) is 23.7 Å². The standard InChI is InChI=1S/C74H144O17P2/c1-64(2)50-42-34-26-18-14-12-10-9-11-13-15-20-32-40-48-56-73(78)90-69(60-84-71(76)54-46-38-30-24-22-28-36-44-52-66(5)6)62-88-92(80,81)86-58-68(75)59-87-93(82,83)89-63-70(61-85-72(77)55-47-39-31-25-23-29-37-45-53-67(7)8)91-74(79)57-49-41-33-21-17-16-19-27-35-43-51-65(3)4/h64-70,75H,9-63H2,1-8H3,(H,80,81)(H,82,83)/t68?,69-,70-/m1/s1. The summed E-state index contributed by atoms with van der Waals surface area (Å²) in [5.74, 6) is 0.883. The zero-order valence-corrected chi connectivity index (χ0v) is 62.7. The van der Waals surface area contributed by atoms with E-state index in [0.29, 0.717) is 25.7 Å². The lowest BCUT2D eigenvalue weighted by Crippen LogP contribution is -2.30. The van der Waals surface area contributed by atoms with Crippen LogP contribution in [0.15, 0.2) is 0 Å². The van der Waals surface area contributed by atoms with Crippen molar-refractivity contribution in [3.63, 3.8) is 0 Å². The van der Waals surface area contributed by atoms with Gasteiger partial charge in [0.05, 0.1) is 26.4 Å². The summed E-state index contributed by atoms with van der Waals surface area (Å²) in [6, 6.07) is 0. The first-order chi connectivity index (χ1) is 44.6. The highest BCUT2D eigenvalue weighted by atomic mass is 31.2. The van der Waals surface area contributed by atoms with E-state index in [1.807, 2.05) is 0 Å². The Bertz CT molecular complexity index is 1830. The van der Waals surface area contributed by atoms with Crippen molar-refractivity contribution in [1.29, 1.82) is 0 Å². The van der Waals surface area contributed by atoms with E-state index >= 15 is 0 Å². The van der Waals surface area contributed by atoms with Crippen LogP contribution < -0.4 is 0 Å². The molecular weight excluding hydrogens is 1220 g/mol. The number of unbranched alkanes of at least 4 members (excludes halogenated alkanes) is 37. The zero-order valence-electron chi connectivity index (χ0n) is 60.9. The maximum absolute atomic E-state index is 13.1. The first kappa shape index (κ1) is 91.1. The summed E-state index contributed by atoms with van der Waals surface area (Å²) in [6.07, 6.45) is 47.3. The number of aliphatic hydroxyl groups is 1. The van der Waals surface area contributed by atoms with Gasteiger partial charge in [-0.3, -0.25) is 37.3 Å². The van der Waals surface area contributed by atoms with Crippen molar-refractivity contribution in [2.75, 3.05) is 39.6 Å². The fraction of sp³-hybridized carbons (Fsp3) is 0.946. The summed E-state index contributed by atoms with van der Waals surface area (Å²) in [6.45, 7) is 14.1. The Morgan fingerprint density at radius 1 is 0.269 bits per heavy atom. The van der Waals surface area contributed by atoms with E-state index in [2.05, 4.69) is 55.4 Å². The molecule has 0 aliphatic rings. The fourth-order valence-corrected chi connectivity index (χ4v) is 12.8. The van der Waals surface area contributed by atoms with Crippen LogP contribution in [-0.4, -0.2) is 96.7 Å². The second-order valence-electron chi connectivity index (χ2n) is 28.6. The lowest BCUT2D eigenvalue weighted by molar-refractivity contribution is -0.161. The van der Waals surface area contributed by atoms with Gasteiger partial charge in [-0.1, -0.05) is 319 Å². The number of hydrogen-bond acceptors (Lipinski definition) is 15. The van der Waals surface area contributed by atoms with Crippen molar-refractivity contribution in [2.45, 2.75) is 388 Å². The fourth-order valence-electron chi connectivity index (χ4n) is 11.2. The van der Waals surface area contributed by atoms with Crippen molar-refractivity contribution < 1.29 is 80.2 Å². The van der Waals surface area contributed by atoms with E-state index < -0.39 is 97.5 Å². The third-order valence-corrected chi connectivity index (χ3v) is 19.0. The Labute approximate surface area is 568 Å². The number of phosphoric acid groups is 2. The molecule has 3 N–H and O–H groups in total. The highest BCUT2D eigenvalue weighted by molar-refractivity contribution is 7.47. The molecule has 0 aliphatic carbocycles. The topological polar surface area (TPSA) is 237 Å². The van der Waals surface area contributed by atoms with Gasteiger partial charge in [-0.15, -0.1) is 0 Å². The average Bonchev–Trinajstić information content (AvgIpc) is 3.46. The molecule has 0 aromatic carbocycles. The van der Waals surface area contributed by atoms with Crippen molar-refractivity contribution in [1.82, 2.24) is 0 Å². The van der Waals surface area contributed by atoms with E-state index in [0.717, 1.165) is 114 Å². The van der Waals surface area contributed by atoms with Gasteiger partial charge >= 0.3 is 39.5 Å². The molecule has 0 bridgehead atoms. The van der Waals surface area contributed by atoms with Crippen LogP contribution >= 0.6 is 15.6 Å². The molecule has 0 aromatic heterocycles. The van der Waals surface area contributed by atoms with Crippen LogP contribution in [0.2, 0.25) is 0 Å². The van der Waals surface area contributed by atoms with E-state index in [4.69, 9.17) is 37.0 Å². The molecule has 0 aromatic rings. The summed E-state index contributed by atoms with van der Waals surface area (Å²) in [4.78, 5) is 72.7. The van der Waals surface area contributed by atoms with Crippen molar-refractivity contribution in [3.8, 4) is 0 Å². The molecule has 0 amide bonds. The number of aliphatic hydroxyl groups excluding tert-OH is 1. The molecule has 552 valence electrons. The van der Waals surface area contributed by atoms with Gasteiger partial charge in [0.1, 0.15) is 19.3 Å². The quantitative estimate of drug-likeness (QED) is 0.0222. The molecule has 19 heteroatoms. The Hall–Kier alpha value is -1.94. The van der Waals surface area contributed by atoms with Gasteiger partial charge in [0.2, 0.25) is 0 Å². The second kappa shape index (κ2) is 63.5. The monoisotopic (exact) mass is 1370 g/mol. The zero-order chi connectivity index (χ0) is 68.9. The molecule has 0 spiro atoms. The van der Waals surface area contributed by atoms with E-state index in [1.54, 1.807) is 0 Å². The lowest BCUT2D eigenvalue weighted by atomic mass is 10.0. The number of ether oxygens (including phenoxy) is 4. The molecule has 0 rings (SSSR count). The van der Waals surface area contributed by atoms with E-state index in [1.165, 1.54) is 173 Å². The van der Waals surface area contributed by atoms with Crippen LogP contribution in [0.25, 0.3) is 0 Å². The third kappa shape index (κ3) is 68.4. The minimum Gasteiger partial charge on any atom is -0.462 e. The van der Waals surface area contributed by atoms with Crippen molar-refractivity contribution >= 4 is 39.5 Å². The van der Waals surface area contributed by atoms with E-state index in [9.17, 15) is 43.2 Å². The van der Waals surface area contributed by atoms with Crippen LogP contribution in [0.1, 0.15) is 370 Å². The molecule has 0 saturated heterocycles. The third-order valence-electron chi connectivity index (χ3n) is 17.1. The second-order valence-corrected chi connectivity index (χ2v) is 31.5. The summed E-state index contributed by atoms with van der Waals surface area (Å²) in [5, 5.41) is 10.6. The first-order valence-electron chi connectivity index (χ1n) is 38.2. The predicted molar refractivity (Wildman–Crippen MR) is 377 cm³/mol. The van der Waals surface area contributed by atoms with Gasteiger partial charge in [-0.05, 0) is 49.4 Å². The molecule has 0 saturated carbocycles. The maximum Gasteiger partial charge on any atom is 0.472 e. The van der Waals surface area contributed by atoms with E-state index in [-0.39, 0.29) is 25.7 Å². The Morgan fingerprint density at radius 3 is 0.667 bits per heavy atom. The Balaban J connectivity index is 5.24. The van der Waals surface area contributed by atoms with Crippen LogP contribution in [0.4, 0.5) is 0 Å². The number of carbonyl (C=O) groups is 4. The van der Waals surface area contributed by atoms with Gasteiger partial charge in [-0.25, -0.2) is 9.13 Å². The number of esters is 4. The molecular formula is C74H144O17P2. The Morgan fingerprint density at radius 2 is 0.452 bits per heavy atom. The molecule has 0 fully saturated rings. The SMILES string of the molecule is CC(C)CCCCCCCCCCCCCCCCCC(=O)O[C@H](COC(=O)CCCCCCCCCCC(C)C)COP(=O)(O)OCC(O)COP(=O)(O)OC[C@@H](COC(=O)CCCCCCCCCCC(C)C)OC(=O)CCCCCCCCCCCCC(C)C. The highest BCUT2D eigenvalue weighted by Crippen LogP contribution is 2.45. The summed E-state index contributed by atoms with van der Waals surface area (Å²) < 4.78 is 68.4. The van der Waals surface area contributed by atoms with Crippen molar-refractivity contribution in [3.05, 3.63) is 0 Å². The van der Waals surface area contributed by atoms with Gasteiger partial charge in [0.15, 0.2) is 12.2 Å². The molecule has 0 aliphatic heterocycles. The molecule has 0 radical (unpaired) electrons. The average molecular weight is 1370 g/mol. The van der Waals surface area contributed by atoms with Crippen LogP contribution in [0.5, 0.6) is 0 Å². The number of hydrogen-bond donors (Lipinski definition) is 3. The lowest BCUT2D eigenvalue weighted by Gasteiger charge is -2.21. The van der Waals surface area contributed by atoms with Gasteiger partial charge in [-0.2, -0.15) is 0 Å².